The third-order valence-corrected chi connectivity index (χ3v) is 7.85. The Labute approximate surface area is 270 Å². The maximum absolute atomic E-state index is 13.6. The van der Waals surface area contributed by atoms with E-state index >= 15 is 0 Å². The van der Waals surface area contributed by atoms with E-state index in [4.69, 9.17) is 14.3 Å². The van der Waals surface area contributed by atoms with Gasteiger partial charge in [0.25, 0.3) is 0 Å². The molecule has 44 heavy (non-hydrogen) atoms. The molecule has 0 saturated carbocycles. The summed E-state index contributed by atoms with van der Waals surface area (Å²) in [6.45, 7) is 0.118. The van der Waals surface area contributed by atoms with E-state index in [2.05, 4.69) is 22.6 Å². The van der Waals surface area contributed by atoms with Crippen molar-refractivity contribution in [1.29, 1.82) is 0 Å². The van der Waals surface area contributed by atoms with E-state index in [9.17, 15) is 4.79 Å². The average molecular weight is 692 g/mol. The zero-order chi connectivity index (χ0) is 30.1. The highest BCUT2D eigenvalue weighted by atomic mass is 127. The molecule has 5 nitrogen and oxygen atoms in total. The number of hydrogen-bond donors (Lipinski definition) is 0. The van der Waals surface area contributed by atoms with E-state index in [-0.39, 0.29) is 17.8 Å². The van der Waals surface area contributed by atoms with Crippen LogP contribution in [0.15, 0.2) is 163 Å². The number of pyridine rings is 1. The first-order valence-corrected chi connectivity index (χ1v) is 15.4. The van der Waals surface area contributed by atoms with Gasteiger partial charge in [-0.3, -0.25) is 4.79 Å². The molecule has 0 aliphatic carbocycles. The lowest BCUT2D eigenvalue weighted by Gasteiger charge is -2.25. The predicted molar refractivity (Wildman–Crippen MR) is 181 cm³/mol. The van der Waals surface area contributed by atoms with Crippen LogP contribution in [0, 0.1) is 3.57 Å². The first-order chi connectivity index (χ1) is 21.6. The van der Waals surface area contributed by atoms with Gasteiger partial charge in [0.15, 0.2) is 11.9 Å². The smallest absolute Gasteiger partial charge is 0.224 e. The average Bonchev–Trinajstić information content (AvgIpc) is 3.08. The lowest BCUT2D eigenvalue weighted by Crippen LogP contribution is -2.26. The number of rotatable bonds is 11. The Kier molecular flexibility index (Phi) is 9.38. The minimum Gasteiger partial charge on any atom is -0.487 e. The highest BCUT2D eigenvalue weighted by Gasteiger charge is 2.22. The van der Waals surface area contributed by atoms with Crippen LogP contribution in [0.5, 0.6) is 11.5 Å². The van der Waals surface area contributed by atoms with Crippen LogP contribution in [0.3, 0.4) is 0 Å². The Morgan fingerprint density at radius 3 is 1.52 bits per heavy atom. The molecule has 0 unspecified atom stereocenters. The van der Waals surface area contributed by atoms with Crippen molar-refractivity contribution in [3.8, 4) is 11.5 Å². The Morgan fingerprint density at radius 1 is 0.591 bits per heavy atom. The van der Waals surface area contributed by atoms with Gasteiger partial charge < -0.3 is 14.3 Å². The third-order valence-electron chi connectivity index (χ3n) is 7.13. The fourth-order valence-electron chi connectivity index (χ4n) is 4.91. The highest BCUT2D eigenvalue weighted by molar-refractivity contribution is 14.1. The number of hydrogen-bond acceptors (Lipinski definition) is 4. The van der Waals surface area contributed by atoms with Gasteiger partial charge in [-0.15, -0.1) is 0 Å². The first-order valence-electron chi connectivity index (χ1n) is 14.3. The molecule has 6 heteroatoms. The van der Waals surface area contributed by atoms with E-state index in [1.165, 1.54) is 6.07 Å². The van der Waals surface area contributed by atoms with Gasteiger partial charge in [-0.2, -0.15) is 4.73 Å². The maximum atomic E-state index is 13.6. The number of halogens is 1. The Hall–Kier alpha value is -4.82. The molecule has 0 amide bonds. The van der Waals surface area contributed by atoms with E-state index in [0.717, 1.165) is 25.8 Å². The second-order valence-corrected chi connectivity index (χ2v) is 11.4. The van der Waals surface area contributed by atoms with Crippen molar-refractivity contribution in [1.82, 2.24) is 4.73 Å². The number of ether oxygens (including phenoxy) is 2. The zero-order valence-corrected chi connectivity index (χ0v) is 26.0. The maximum Gasteiger partial charge on any atom is 0.224 e. The quantitative estimate of drug-likeness (QED) is 0.128. The van der Waals surface area contributed by atoms with Crippen LogP contribution >= 0.6 is 22.6 Å². The van der Waals surface area contributed by atoms with Crippen LogP contribution in [-0.2, 0) is 6.61 Å². The molecular formula is C38H30INO4. The largest absolute Gasteiger partial charge is 0.487 e. The number of benzene rings is 5. The van der Waals surface area contributed by atoms with Crippen molar-refractivity contribution in [2.75, 3.05) is 0 Å². The minimum absolute atomic E-state index is 0.118. The molecule has 0 spiro atoms. The standard InChI is InChI=1S/C38H30INO4/c39-32-21-23-34(24-22-32)42-27-33-25-35(41)36(43-37(28-13-5-1-6-14-28)29-15-7-2-8-16-29)26-40(33)44-38(30-17-9-3-10-18-30)31-19-11-4-12-20-31/h1-26,37-38H,27H2. The van der Waals surface area contributed by atoms with Gasteiger partial charge in [0.1, 0.15) is 18.5 Å². The summed E-state index contributed by atoms with van der Waals surface area (Å²) in [5, 5.41) is 0. The Balaban J connectivity index is 1.41. The van der Waals surface area contributed by atoms with Crippen LogP contribution in [0.25, 0.3) is 0 Å². The molecule has 6 aromatic rings. The van der Waals surface area contributed by atoms with E-state index in [0.29, 0.717) is 11.4 Å². The van der Waals surface area contributed by atoms with Crippen LogP contribution in [0.4, 0.5) is 0 Å². The van der Waals surface area contributed by atoms with Crippen LogP contribution in [-0.4, -0.2) is 4.73 Å². The van der Waals surface area contributed by atoms with Crippen molar-refractivity contribution in [3.05, 3.63) is 200 Å². The zero-order valence-electron chi connectivity index (χ0n) is 23.8. The van der Waals surface area contributed by atoms with E-state index in [1.807, 2.05) is 146 Å². The molecule has 218 valence electrons. The summed E-state index contributed by atoms with van der Waals surface area (Å²) >= 11 is 2.26. The van der Waals surface area contributed by atoms with Gasteiger partial charge in [0, 0.05) is 9.64 Å². The number of nitrogens with zero attached hydrogens (tertiary/aromatic N) is 1. The molecule has 0 aliphatic heterocycles. The van der Waals surface area contributed by atoms with Crippen molar-refractivity contribution >= 4 is 22.6 Å². The second-order valence-electron chi connectivity index (χ2n) is 10.2. The molecule has 5 aromatic carbocycles. The summed E-state index contributed by atoms with van der Waals surface area (Å²) in [4.78, 5) is 20.4. The topological polar surface area (TPSA) is 49.7 Å². The molecule has 0 radical (unpaired) electrons. The van der Waals surface area contributed by atoms with Gasteiger partial charge in [-0.25, -0.2) is 0 Å². The summed E-state index contributed by atoms with van der Waals surface area (Å²) in [5.41, 5.74) is 4.09. The third kappa shape index (κ3) is 7.21. The van der Waals surface area contributed by atoms with Crippen molar-refractivity contribution in [2.45, 2.75) is 18.8 Å². The van der Waals surface area contributed by atoms with Crippen molar-refractivity contribution in [3.63, 3.8) is 0 Å². The van der Waals surface area contributed by atoms with E-state index in [1.54, 1.807) is 10.9 Å². The normalized spacial score (nSPS) is 11.0. The van der Waals surface area contributed by atoms with Crippen LogP contribution < -0.4 is 19.7 Å². The summed E-state index contributed by atoms with van der Waals surface area (Å²) in [7, 11) is 0. The Bertz CT molecular complexity index is 1750. The number of aromatic nitrogens is 1. The molecule has 0 fully saturated rings. The van der Waals surface area contributed by atoms with E-state index < -0.39 is 12.2 Å². The fourth-order valence-corrected chi connectivity index (χ4v) is 5.27. The van der Waals surface area contributed by atoms with Crippen LogP contribution in [0.2, 0.25) is 0 Å². The molecule has 1 aromatic heterocycles. The fraction of sp³-hybridized carbons (Fsp3) is 0.0789. The van der Waals surface area contributed by atoms with Gasteiger partial charge in [0.05, 0.1) is 11.9 Å². The van der Waals surface area contributed by atoms with Gasteiger partial charge >= 0.3 is 0 Å². The monoisotopic (exact) mass is 691 g/mol. The molecule has 0 saturated heterocycles. The van der Waals surface area contributed by atoms with Gasteiger partial charge in [0.2, 0.25) is 5.43 Å². The highest BCUT2D eigenvalue weighted by Crippen LogP contribution is 2.29. The lowest BCUT2D eigenvalue weighted by atomic mass is 10.0. The predicted octanol–water partition coefficient (Wildman–Crippen LogP) is 8.42. The van der Waals surface area contributed by atoms with Crippen LogP contribution in [0.1, 0.15) is 40.2 Å². The molecule has 0 N–H and O–H groups in total. The van der Waals surface area contributed by atoms with Crippen molar-refractivity contribution < 1.29 is 14.3 Å². The lowest BCUT2D eigenvalue weighted by molar-refractivity contribution is 0.0458. The molecule has 0 bridgehead atoms. The second kappa shape index (κ2) is 14.1. The molecule has 1 heterocycles. The van der Waals surface area contributed by atoms with Gasteiger partial charge in [-0.1, -0.05) is 121 Å². The van der Waals surface area contributed by atoms with Crippen molar-refractivity contribution in [2.24, 2.45) is 0 Å². The molecular weight excluding hydrogens is 661 g/mol. The minimum atomic E-state index is -0.494. The van der Waals surface area contributed by atoms with Gasteiger partial charge in [-0.05, 0) is 69.1 Å². The summed E-state index contributed by atoms with van der Waals surface area (Å²) in [5.74, 6) is 0.862. The summed E-state index contributed by atoms with van der Waals surface area (Å²) in [6.07, 6.45) is 0.683. The Morgan fingerprint density at radius 2 is 1.05 bits per heavy atom. The summed E-state index contributed by atoms with van der Waals surface area (Å²) < 4.78 is 15.4. The molecule has 0 atom stereocenters. The first kappa shape index (κ1) is 29.3. The SMILES string of the molecule is O=c1cc(COc2ccc(I)cc2)n(OC(c2ccccc2)c2ccccc2)cc1OC(c1ccccc1)c1ccccc1. The molecule has 0 aliphatic rings. The molecule has 6 rings (SSSR count). The summed E-state index contributed by atoms with van der Waals surface area (Å²) in [6, 6.07) is 49.1.